The Balaban J connectivity index is 1.51. The minimum atomic E-state index is -1.10. The van der Waals surface area contributed by atoms with Crippen LogP contribution in [0.5, 0.6) is 40.2 Å². The summed E-state index contributed by atoms with van der Waals surface area (Å²) in [4.78, 5) is 25.7. The molecule has 0 N–H and O–H groups in total. The van der Waals surface area contributed by atoms with Crippen LogP contribution in [-0.4, -0.2) is 81.5 Å². The number of fused-ring (bicyclic) bond motifs is 2. The predicted molar refractivity (Wildman–Crippen MR) is 206 cm³/mol. The number of hydrogen-bond donors (Lipinski definition) is 0. The van der Waals surface area contributed by atoms with E-state index in [0.29, 0.717) is 91.9 Å². The number of ether oxygens (including phenoxy) is 5. The fraction of sp³-hybridized carbons (Fsp3) is 0.422. The van der Waals surface area contributed by atoms with Crippen LogP contribution in [0.4, 0.5) is 0 Å². The van der Waals surface area contributed by atoms with Gasteiger partial charge in [-0.3, -0.25) is 0 Å². The Bertz CT molecular complexity index is 2140. The number of methoxy groups -OCH3 is 3. The van der Waals surface area contributed by atoms with Crippen molar-refractivity contribution in [1.29, 1.82) is 0 Å². The third-order valence-electron chi connectivity index (χ3n) is 12.9. The van der Waals surface area contributed by atoms with Gasteiger partial charge in [0.2, 0.25) is 0 Å². The summed E-state index contributed by atoms with van der Waals surface area (Å²) in [6, 6.07) is 19.5. The van der Waals surface area contributed by atoms with E-state index in [2.05, 4.69) is 0 Å². The van der Waals surface area contributed by atoms with Crippen LogP contribution in [0.1, 0.15) is 72.2 Å². The maximum absolute atomic E-state index is 12.9. The van der Waals surface area contributed by atoms with Gasteiger partial charge in [-0.05, 0) is 64.7 Å². The lowest BCUT2D eigenvalue weighted by molar-refractivity contribution is -0.958. The number of likely N-dealkylation sites (N-methyl/N-ethyl adjacent to an activating group) is 2. The molecule has 6 atom stereocenters. The first kappa shape index (κ1) is 39.0. The zero-order valence-electron chi connectivity index (χ0n) is 33.4. The van der Waals surface area contributed by atoms with E-state index < -0.39 is 24.0 Å². The van der Waals surface area contributed by atoms with Crippen molar-refractivity contribution in [3.63, 3.8) is 0 Å². The van der Waals surface area contributed by atoms with Gasteiger partial charge in [0.05, 0.1) is 66.0 Å². The molecular formula is C45H52N2O9. The molecule has 11 heteroatoms. The number of hydrogen-bond acceptors (Lipinski definition) is 9. The molecule has 4 aliphatic rings. The highest BCUT2D eigenvalue weighted by atomic mass is 16.5. The largest absolute Gasteiger partial charge is 0.544 e. The van der Waals surface area contributed by atoms with Gasteiger partial charge in [-0.1, -0.05) is 32.0 Å². The van der Waals surface area contributed by atoms with Crippen molar-refractivity contribution >= 4 is 11.9 Å². The average Bonchev–Trinajstić information content (AvgIpc) is 3.17. The highest BCUT2D eigenvalue weighted by Crippen LogP contribution is 2.50. The van der Waals surface area contributed by atoms with E-state index in [1.807, 2.05) is 94.7 Å². The molecule has 6 unspecified atom stereocenters. The molecule has 0 aromatic heterocycles. The van der Waals surface area contributed by atoms with Crippen LogP contribution in [-0.2, 0) is 35.3 Å². The summed E-state index contributed by atoms with van der Waals surface area (Å²) in [5, 5.41) is 25.7. The lowest BCUT2D eigenvalue weighted by Crippen LogP contribution is -2.63. The molecule has 0 fully saturated rings. The van der Waals surface area contributed by atoms with Crippen molar-refractivity contribution in [3.05, 3.63) is 100 Å². The topological polar surface area (TPSA) is 126 Å². The van der Waals surface area contributed by atoms with Gasteiger partial charge in [-0.2, -0.15) is 0 Å². The molecule has 4 aromatic carbocycles. The van der Waals surface area contributed by atoms with E-state index in [0.717, 1.165) is 33.4 Å². The smallest absolute Gasteiger partial charge is 0.169 e. The molecule has 0 saturated heterocycles. The molecule has 4 heterocycles. The van der Waals surface area contributed by atoms with Gasteiger partial charge < -0.3 is 52.5 Å². The van der Waals surface area contributed by atoms with Crippen LogP contribution in [0.2, 0.25) is 0 Å². The van der Waals surface area contributed by atoms with Crippen LogP contribution < -0.4 is 33.9 Å². The van der Waals surface area contributed by atoms with E-state index in [1.54, 1.807) is 21.3 Å². The third kappa shape index (κ3) is 6.81. The second-order valence-corrected chi connectivity index (χ2v) is 15.8. The second-order valence-electron chi connectivity index (χ2n) is 15.8. The number of aliphatic carboxylic acids is 2. The number of carbonyl (C=O) groups excluding carboxylic acids is 2. The predicted octanol–water partition coefficient (Wildman–Crippen LogP) is 5.24. The fourth-order valence-electron chi connectivity index (χ4n) is 9.81. The lowest BCUT2D eigenvalue weighted by Gasteiger charge is -2.51. The molecule has 0 radical (unpaired) electrons. The summed E-state index contributed by atoms with van der Waals surface area (Å²) in [7, 11) is 8.86. The standard InChI is InChI=1S/C45H52N2O9/c1-8-34(44(48)49)46(3)18-16-29-24-39(54-7)41-26-33(29)36(46)20-27-10-13-31(14-11-27)55-40-22-28(12-15-38(40)53-6)21-37-43-30(23-32(52-5)25-42(43)56-41)17-19-47(37,4)35(9-2)45(50)51/h10-15,22-26,34-37H,8-9,16-21H2,1-7H3. The molecule has 0 spiro atoms. The lowest BCUT2D eigenvalue weighted by atomic mass is 9.83. The normalized spacial score (nSPS) is 23.6. The SMILES string of the molecule is CCC(C(=O)[O-])[N+]1(C)CCc2cc(OC)c3cc2C1Cc1ccc(cc1)Oc1cc(ccc1OC)CC1c2c(cc(OC)cc2O3)CC[N+]1(C)C(CC)C(=O)[O-]. The van der Waals surface area contributed by atoms with E-state index in [4.69, 9.17) is 23.7 Å². The Labute approximate surface area is 329 Å². The number of carbonyl (C=O) groups is 2. The number of quaternary nitrogens is 2. The van der Waals surface area contributed by atoms with Crippen LogP contribution >= 0.6 is 0 Å². The van der Waals surface area contributed by atoms with Crippen LogP contribution in [0.25, 0.3) is 0 Å². The van der Waals surface area contributed by atoms with Gasteiger partial charge in [-0.15, -0.1) is 0 Å². The van der Waals surface area contributed by atoms with E-state index in [1.165, 1.54) is 0 Å². The summed E-state index contributed by atoms with van der Waals surface area (Å²) in [6.07, 6.45) is 3.03. The highest BCUT2D eigenvalue weighted by molar-refractivity contribution is 5.70. The zero-order chi connectivity index (χ0) is 39.9. The van der Waals surface area contributed by atoms with E-state index in [9.17, 15) is 19.8 Å². The highest BCUT2D eigenvalue weighted by Gasteiger charge is 2.48. The molecule has 4 aromatic rings. The van der Waals surface area contributed by atoms with Crippen LogP contribution in [0.3, 0.4) is 0 Å². The van der Waals surface area contributed by atoms with Crippen LogP contribution in [0, 0.1) is 0 Å². The van der Waals surface area contributed by atoms with Crippen molar-refractivity contribution in [2.24, 2.45) is 0 Å². The Morgan fingerprint density at radius 1 is 0.679 bits per heavy atom. The zero-order valence-corrected chi connectivity index (χ0v) is 33.4. The molecule has 11 nitrogen and oxygen atoms in total. The molecule has 8 rings (SSSR count). The first-order valence-corrected chi connectivity index (χ1v) is 19.5. The first-order valence-electron chi connectivity index (χ1n) is 19.5. The van der Waals surface area contributed by atoms with Gasteiger partial charge in [0.15, 0.2) is 23.0 Å². The summed E-state index contributed by atoms with van der Waals surface area (Å²) >= 11 is 0. The Morgan fingerprint density at radius 2 is 1.27 bits per heavy atom. The van der Waals surface area contributed by atoms with E-state index in [-0.39, 0.29) is 21.0 Å². The molecule has 0 saturated carbocycles. The van der Waals surface area contributed by atoms with E-state index >= 15 is 0 Å². The molecule has 6 bridgehead atoms. The Kier molecular flexibility index (Phi) is 10.7. The van der Waals surface area contributed by atoms with Gasteiger partial charge in [0, 0.05) is 50.2 Å². The number of rotatable bonds is 9. The van der Waals surface area contributed by atoms with Crippen LogP contribution in [0.15, 0.2) is 66.7 Å². The minimum absolute atomic E-state index is 0.194. The van der Waals surface area contributed by atoms with Crippen molar-refractivity contribution in [3.8, 4) is 40.2 Å². The third-order valence-corrected chi connectivity index (χ3v) is 12.9. The second kappa shape index (κ2) is 15.3. The summed E-state index contributed by atoms with van der Waals surface area (Å²) in [5.41, 5.74) is 5.89. The van der Waals surface area contributed by atoms with Crippen molar-refractivity contribution < 1.29 is 52.5 Å². The van der Waals surface area contributed by atoms with Gasteiger partial charge in [0.1, 0.15) is 41.4 Å². The number of benzene rings is 4. The van der Waals surface area contributed by atoms with Crippen molar-refractivity contribution in [2.45, 2.75) is 76.5 Å². The molecule has 0 amide bonds. The molecule has 56 heavy (non-hydrogen) atoms. The summed E-state index contributed by atoms with van der Waals surface area (Å²) in [5.74, 6) is 1.71. The van der Waals surface area contributed by atoms with Gasteiger partial charge in [0.25, 0.3) is 0 Å². The molecule has 4 aliphatic heterocycles. The molecule has 296 valence electrons. The average molecular weight is 765 g/mol. The Morgan fingerprint density at radius 3 is 1.88 bits per heavy atom. The van der Waals surface area contributed by atoms with Gasteiger partial charge in [-0.25, -0.2) is 0 Å². The molecule has 0 aliphatic carbocycles. The number of nitrogens with zero attached hydrogens (tertiary/aromatic N) is 2. The first-order chi connectivity index (χ1) is 26.9. The number of carboxylic acid groups (broad SMARTS) is 2. The van der Waals surface area contributed by atoms with Crippen molar-refractivity contribution in [1.82, 2.24) is 0 Å². The fourth-order valence-corrected chi connectivity index (χ4v) is 9.81. The number of carboxylic acids is 2. The maximum Gasteiger partial charge on any atom is 0.169 e. The Hall–Kier alpha value is -5.26. The maximum atomic E-state index is 12.9. The molecular weight excluding hydrogens is 713 g/mol. The van der Waals surface area contributed by atoms with Gasteiger partial charge >= 0.3 is 0 Å². The monoisotopic (exact) mass is 764 g/mol. The summed E-state index contributed by atoms with van der Waals surface area (Å²) in [6.45, 7) is 4.95. The quantitative estimate of drug-likeness (QED) is 0.211. The minimum Gasteiger partial charge on any atom is -0.544 e. The van der Waals surface area contributed by atoms with Crippen molar-refractivity contribution in [2.75, 3.05) is 48.5 Å². The summed E-state index contributed by atoms with van der Waals surface area (Å²) < 4.78 is 31.6.